The molecule has 3 heterocycles. The molecule has 2 amide bonds. The number of fused-ring (bicyclic) bond motifs is 3. The molecule has 1 aliphatic carbocycles. The first-order valence-electron chi connectivity index (χ1n) is 12.0. The standard InChI is InChI=1S/C27H33N3O3/c1-16-11-17(2)13-20(12-16)30-25(31)23-14-24-22(9-10-33-24)29(23)15-27(30,5)26(32)28-21-8-6-7-18(3)19(21)4/h9-14,18-19,21H,6-8,15H2,1-5H3,(H,28,32)/t18-,19+,21-,27-/m1/s1. The van der Waals surface area contributed by atoms with Crippen LogP contribution in [0.2, 0.25) is 0 Å². The Morgan fingerprint density at radius 3 is 2.58 bits per heavy atom. The quantitative estimate of drug-likeness (QED) is 0.599. The van der Waals surface area contributed by atoms with Crippen LogP contribution in [0.5, 0.6) is 0 Å². The number of nitrogens with one attached hydrogen (secondary N) is 1. The molecule has 6 nitrogen and oxygen atoms in total. The van der Waals surface area contributed by atoms with E-state index >= 15 is 0 Å². The van der Waals surface area contributed by atoms with E-state index < -0.39 is 5.54 Å². The molecule has 0 unspecified atom stereocenters. The second kappa shape index (κ2) is 7.79. The Morgan fingerprint density at radius 1 is 1.12 bits per heavy atom. The van der Waals surface area contributed by atoms with Crippen LogP contribution in [0, 0.1) is 25.7 Å². The molecule has 1 N–H and O–H groups in total. The Morgan fingerprint density at radius 2 is 1.85 bits per heavy atom. The fourth-order valence-electron chi connectivity index (χ4n) is 5.81. The lowest BCUT2D eigenvalue weighted by atomic mass is 9.77. The van der Waals surface area contributed by atoms with Gasteiger partial charge in [0.15, 0.2) is 5.58 Å². The fraction of sp³-hybridized carbons (Fsp3) is 0.481. The van der Waals surface area contributed by atoms with E-state index in [1.807, 2.05) is 43.5 Å². The summed E-state index contributed by atoms with van der Waals surface area (Å²) in [5, 5.41) is 3.35. The van der Waals surface area contributed by atoms with Gasteiger partial charge in [-0.1, -0.05) is 32.8 Å². The zero-order valence-electron chi connectivity index (χ0n) is 20.1. The van der Waals surface area contributed by atoms with Gasteiger partial charge in [0.1, 0.15) is 11.2 Å². The number of benzene rings is 1. The molecule has 4 atom stereocenters. The number of nitrogens with zero attached hydrogens (tertiary/aromatic N) is 2. The minimum absolute atomic E-state index is 0.100. The Hall–Kier alpha value is -3.02. The molecule has 3 aromatic rings. The Balaban J connectivity index is 1.60. The number of hydrogen-bond acceptors (Lipinski definition) is 3. The van der Waals surface area contributed by atoms with E-state index in [-0.39, 0.29) is 17.9 Å². The molecule has 1 aromatic carbocycles. The van der Waals surface area contributed by atoms with Crippen LogP contribution < -0.4 is 10.2 Å². The molecule has 1 saturated carbocycles. The van der Waals surface area contributed by atoms with E-state index in [0.29, 0.717) is 29.7 Å². The smallest absolute Gasteiger partial charge is 0.276 e. The number of hydrogen-bond donors (Lipinski definition) is 1. The monoisotopic (exact) mass is 447 g/mol. The molecule has 2 aliphatic rings. The number of anilines is 1. The lowest BCUT2D eigenvalue weighted by molar-refractivity contribution is -0.128. The van der Waals surface area contributed by atoms with Crippen LogP contribution in [0.1, 0.15) is 61.6 Å². The van der Waals surface area contributed by atoms with Crippen LogP contribution >= 0.6 is 0 Å². The van der Waals surface area contributed by atoms with E-state index in [0.717, 1.165) is 35.2 Å². The Kier molecular flexibility index (Phi) is 5.15. The van der Waals surface area contributed by atoms with Crippen molar-refractivity contribution >= 4 is 28.6 Å². The van der Waals surface area contributed by atoms with Crippen LogP contribution in [0.4, 0.5) is 5.69 Å². The summed E-state index contributed by atoms with van der Waals surface area (Å²) < 4.78 is 7.52. The summed E-state index contributed by atoms with van der Waals surface area (Å²) in [7, 11) is 0. The molecular formula is C27H33N3O3. The van der Waals surface area contributed by atoms with Crippen LogP contribution in [0.15, 0.2) is 41.0 Å². The summed E-state index contributed by atoms with van der Waals surface area (Å²) in [6, 6.07) is 9.83. The number of aromatic nitrogens is 1. The summed E-state index contributed by atoms with van der Waals surface area (Å²) in [4.78, 5) is 29.6. The molecule has 0 saturated heterocycles. The van der Waals surface area contributed by atoms with Crippen molar-refractivity contribution in [2.24, 2.45) is 11.8 Å². The first kappa shape index (κ1) is 21.8. The average molecular weight is 448 g/mol. The molecule has 1 fully saturated rings. The zero-order chi connectivity index (χ0) is 23.5. The van der Waals surface area contributed by atoms with E-state index in [2.05, 4.69) is 25.2 Å². The SMILES string of the molecule is Cc1cc(C)cc(N2C(=O)c3cc4occc4n3C[C@]2(C)C(=O)N[C@@H]2CCC[C@@H](C)[C@@H]2C)c1. The van der Waals surface area contributed by atoms with Gasteiger partial charge in [-0.25, -0.2) is 0 Å². The van der Waals surface area contributed by atoms with E-state index in [9.17, 15) is 9.59 Å². The third kappa shape index (κ3) is 3.47. The number of carbonyl (C=O) groups excluding carboxylic acids is 2. The molecule has 5 rings (SSSR count). The van der Waals surface area contributed by atoms with Crippen molar-refractivity contribution < 1.29 is 14.0 Å². The highest BCUT2D eigenvalue weighted by Gasteiger charge is 2.49. The molecule has 6 heteroatoms. The number of furan rings is 1. The van der Waals surface area contributed by atoms with Gasteiger partial charge in [-0.15, -0.1) is 0 Å². The molecule has 2 aromatic heterocycles. The predicted molar refractivity (Wildman–Crippen MR) is 129 cm³/mol. The molecule has 1 aliphatic heterocycles. The van der Waals surface area contributed by atoms with Gasteiger partial charge in [0.25, 0.3) is 5.91 Å². The molecule has 0 bridgehead atoms. The third-order valence-corrected chi connectivity index (χ3v) is 7.88. The van der Waals surface area contributed by atoms with Gasteiger partial charge < -0.3 is 14.3 Å². The minimum Gasteiger partial charge on any atom is -0.463 e. The van der Waals surface area contributed by atoms with Gasteiger partial charge in [-0.2, -0.15) is 0 Å². The second-order valence-corrected chi connectivity index (χ2v) is 10.4. The zero-order valence-corrected chi connectivity index (χ0v) is 20.1. The highest BCUT2D eigenvalue weighted by atomic mass is 16.3. The summed E-state index contributed by atoms with van der Waals surface area (Å²) in [6.07, 6.45) is 4.92. The number of aryl methyl sites for hydroxylation is 2. The van der Waals surface area contributed by atoms with Gasteiger partial charge in [-0.3, -0.25) is 14.5 Å². The maximum atomic E-state index is 14.0. The first-order valence-corrected chi connectivity index (χ1v) is 12.0. The molecule has 0 spiro atoms. The van der Waals surface area contributed by atoms with Crippen molar-refractivity contribution in [2.75, 3.05) is 4.90 Å². The fourth-order valence-corrected chi connectivity index (χ4v) is 5.81. The predicted octanol–water partition coefficient (Wildman–Crippen LogP) is 5.21. The van der Waals surface area contributed by atoms with Crippen LogP contribution in [0.3, 0.4) is 0 Å². The number of amides is 2. The topological polar surface area (TPSA) is 67.5 Å². The maximum Gasteiger partial charge on any atom is 0.276 e. The maximum absolute atomic E-state index is 14.0. The van der Waals surface area contributed by atoms with E-state index in [4.69, 9.17) is 4.42 Å². The largest absolute Gasteiger partial charge is 0.463 e. The van der Waals surface area contributed by atoms with E-state index in [1.165, 1.54) is 6.42 Å². The van der Waals surface area contributed by atoms with Gasteiger partial charge >= 0.3 is 0 Å². The number of rotatable bonds is 3. The van der Waals surface area contributed by atoms with Crippen LogP contribution in [0.25, 0.3) is 11.1 Å². The van der Waals surface area contributed by atoms with Crippen molar-refractivity contribution in [1.29, 1.82) is 0 Å². The van der Waals surface area contributed by atoms with E-state index in [1.54, 1.807) is 17.2 Å². The highest BCUT2D eigenvalue weighted by molar-refractivity contribution is 6.13. The summed E-state index contributed by atoms with van der Waals surface area (Å²) >= 11 is 0. The normalized spacial score (nSPS) is 27.6. The second-order valence-electron chi connectivity index (χ2n) is 10.4. The molecule has 0 radical (unpaired) electrons. The van der Waals surface area contributed by atoms with Crippen LogP contribution in [-0.2, 0) is 11.3 Å². The number of carbonyl (C=O) groups is 2. The third-order valence-electron chi connectivity index (χ3n) is 7.88. The molecule has 174 valence electrons. The minimum atomic E-state index is -1.08. The van der Waals surface area contributed by atoms with Crippen molar-refractivity contribution in [2.45, 2.75) is 72.0 Å². The molecular weight excluding hydrogens is 414 g/mol. The van der Waals surface area contributed by atoms with Crippen molar-refractivity contribution in [3.05, 3.63) is 53.4 Å². The van der Waals surface area contributed by atoms with Crippen molar-refractivity contribution in [1.82, 2.24) is 9.88 Å². The Labute approximate surface area is 194 Å². The lowest BCUT2D eigenvalue weighted by Crippen LogP contribution is -2.66. The van der Waals surface area contributed by atoms with Gasteiger partial charge in [-0.05, 0) is 62.3 Å². The first-order chi connectivity index (χ1) is 15.7. The van der Waals surface area contributed by atoms with Crippen LogP contribution in [-0.4, -0.2) is 28.0 Å². The summed E-state index contributed by atoms with van der Waals surface area (Å²) in [5.41, 5.74) is 3.86. The van der Waals surface area contributed by atoms with Gasteiger partial charge in [0.2, 0.25) is 5.91 Å². The Bertz CT molecular complexity index is 1220. The van der Waals surface area contributed by atoms with Gasteiger partial charge in [0, 0.05) is 23.9 Å². The van der Waals surface area contributed by atoms with Crippen molar-refractivity contribution in [3.8, 4) is 0 Å². The van der Waals surface area contributed by atoms with Crippen molar-refractivity contribution in [3.63, 3.8) is 0 Å². The lowest BCUT2D eigenvalue weighted by Gasteiger charge is -2.45. The van der Waals surface area contributed by atoms with Gasteiger partial charge in [0.05, 0.1) is 18.3 Å². The molecule has 33 heavy (non-hydrogen) atoms. The summed E-state index contributed by atoms with van der Waals surface area (Å²) in [6.45, 7) is 10.8. The highest BCUT2D eigenvalue weighted by Crippen LogP contribution is 2.38. The summed E-state index contributed by atoms with van der Waals surface area (Å²) in [5.74, 6) is 0.697. The average Bonchev–Trinajstić information content (AvgIpc) is 3.33.